The zero-order chi connectivity index (χ0) is 13.1. The summed E-state index contributed by atoms with van der Waals surface area (Å²) >= 11 is 0. The Morgan fingerprint density at radius 2 is 2.33 bits per heavy atom. The van der Waals surface area contributed by atoms with E-state index < -0.39 is 0 Å². The Hall–Kier alpha value is -1.55. The van der Waals surface area contributed by atoms with Gasteiger partial charge in [0.15, 0.2) is 0 Å². The van der Waals surface area contributed by atoms with E-state index >= 15 is 0 Å². The number of ether oxygens (including phenoxy) is 2. The lowest BCUT2D eigenvalue weighted by Crippen LogP contribution is -2.42. The monoisotopic (exact) mass is 249 g/mol. The topological polar surface area (TPSA) is 38.8 Å². The molecule has 0 saturated heterocycles. The Kier molecular flexibility index (Phi) is 3.87. The van der Waals surface area contributed by atoms with E-state index in [0.29, 0.717) is 19.6 Å². The van der Waals surface area contributed by atoms with E-state index in [-0.39, 0.29) is 12.0 Å². The van der Waals surface area contributed by atoms with Crippen LogP contribution in [0.4, 0.5) is 5.69 Å². The van der Waals surface area contributed by atoms with Crippen molar-refractivity contribution in [3.8, 4) is 5.75 Å². The molecule has 1 aromatic rings. The van der Waals surface area contributed by atoms with Crippen LogP contribution in [0.5, 0.6) is 5.75 Å². The molecular formula is C14H19NO3. The molecule has 1 atom stereocenters. The van der Waals surface area contributed by atoms with Crippen molar-refractivity contribution in [3.63, 3.8) is 0 Å². The summed E-state index contributed by atoms with van der Waals surface area (Å²) in [6, 6.07) is 5.91. The average Bonchev–Trinajstić information content (AvgIpc) is 2.35. The fourth-order valence-corrected chi connectivity index (χ4v) is 2.11. The van der Waals surface area contributed by atoms with Gasteiger partial charge in [-0.2, -0.15) is 0 Å². The predicted molar refractivity (Wildman–Crippen MR) is 70.1 cm³/mol. The van der Waals surface area contributed by atoms with Crippen molar-refractivity contribution < 1.29 is 14.3 Å². The molecule has 0 aromatic heterocycles. The summed E-state index contributed by atoms with van der Waals surface area (Å²) in [4.78, 5) is 14.0. The van der Waals surface area contributed by atoms with E-state index in [2.05, 4.69) is 0 Å². The minimum absolute atomic E-state index is 0.0201. The Balaban J connectivity index is 2.26. The first-order valence-electron chi connectivity index (χ1n) is 6.18. The molecule has 0 fully saturated rings. The molecule has 0 saturated carbocycles. The molecule has 1 heterocycles. The van der Waals surface area contributed by atoms with Gasteiger partial charge < -0.3 is 14.4 Å². The molecule has 4 heteroatoms. The van der Waals surface area contributed by atoms with E-state index in [1.54, 1.807) is 12.0 Å². The van der Waals surface area contributed by atoms with Gasteiger partial charge in [-0.25, -0.2) is 0 Å². The number of anilines is 1. The second kappa shape index (κ2) is 5.40. The van der Waals surface area contributed by atoms with Crippen LogP contribution in [0.2, 0.25) is 0 Å². The third-order valence-corrected chi connectivity index (χ3v) is 2.99. The molecule has 2 rings (SSSR count). The molecule has 4 nitrogen and oxygen atoms in total. The number of amides is 1. The average molecular weight is 249 g/mol. The Bertz CT molecular complexity index is 445. The van der Waals surface area contributed by atoms with Crippen LogP contribution in [-0.4, -0.2) is 32.3 Å². The van der Waals surface area contributed by atoms with Gasteiger partial charge in [0.2, 0.25) is 5.91 Å². The number of rotatable bonds is 3. The highest BCUT2D eigenvalue weighted by Gasteiger charge is 2.27. The second-order valence-corrected chi connectivity index (χ2v) is 4.65. The fraction of sp³-hybridized carbons (Fsp3) is 0.500. The standard InChI is InChI=1S/C14H19NO3/c1-10-4-5-13-12(8-10)15(9-11(2)18-13)14(16)6-7-17-3/h4-5,8,11H,6-7,9H2,1-3H3. The number of carbonyl (C=O) groups excluding carboxylic acids is 1. The minimum atomic E-state index is 0.0201. The van der Waals surface area contributed by atoms with Gasteiger partial charge in [-0.1, -0.05) is 6.07 Å². The molecule has 0 bridgehead atoms. The van der Waals surface area contributed by atoms with Crippen molar-refractivity contribution in [2.75, 3.05) is 25.2 Å². The summed E-state index contributed by atoms with van der Waals surface area (Å²) in [5.74, 6) is 0.865. The summed E-state index contributed by atoms with van der Waals surface area (Å²) < 4.78 is 10.7. The van der Waals surface area contributed by atoms with E-state index in [4.69, 9.17) is 9.47 Å². The van der Waals surface area contributed by atoms with Crippen molar-refractivity contribution in [1.29, 1.82) is 0 Å². The first-order valence-corrected chi connectivity index (χ1v) is 6.18. The molecular weight excluding hydrogens is 230 g/mol. The van der Waals surface area contributed by atoms with E-state index in [0.717, 1.165) is 17.0 Å². The maximum absolute atomic E-state index is 12.2. The molecule has 1 aromatic carbocycles. The van der Waals surface area contributed by atoms with Gasteiger partial charge in [-0.3, -0.25) is 4.79 Å². The van der Waals surface area contributed by atoms with Gasteiger partial charge in [-0.05, 0) is 31.5 Å². The van der Waals surface area contributed by atoms with Crippen LogP contribution >= 0.6 is 0 Å². The lowest BCUT2D eigenvalue weighted by molar-refractivity contribution is -0.119. The molecule has 1 amide bonds. The Morgan fingerprint density at radius 1 is 1.56 bits per heavy atom. The summed E-state index contributed by atoms with van der Waals surface area (Å²) in [6.07, 6.45) is 0.420. The number of methoxy groups -OCH3 is 1. The number of aryl methyl sites for hydroxylation is 1. The molecule has 0 N–H and O–H groups in total. The molecule has 1 unspecified atom stereocenters. The van der Waals surface area contributed by atoms with Gasteiger partial charge in [0.1, 0.15) is 11.9 Å². The zero-order valence-corrected chi connectivity index (χ0v) is 11.1. The highest BCUT2D eigenvalue weighted by Crippen LogP contribution is 2.34. The number of hydrogen-bond donors (Lipinski definition) is 0. The predicted octanol–water partition coefficient (Wildman–Crippen LogP) is 2.15. The highest BCUT2D eigenvalue weighted by molar-refractivity contribution is 5.95. The van der Waals surface area contributed by atoms with Crippen LogP contribution in [0, 0.1) is 6.92 Å². The van der Waals surface area contributed by atoms with Gasteiger partial charge in [0.25, 0.3) is 0 Å². The smallest absolute Gasteiger partial charge is 0.229 e. The number of fused-ring (bicyclic) bond motifs is 1. The lowest BCUT2D eigenvalue weighted by atomic mass is 10.1. The third-order valence-electron chi connectivity index (χ3n) is 2.99. The second-order valence-electron chi connectivity index (χ2n) is 4.65. The van der Waals surface area contributed by atoms with Crippen molar-refractivity contribution in [1.82, 2.24) is 0 Å². The molecule has 18 heavy (non-hydrogen) atoms. The first kappa shape index (κ1) is 12.9. The first-order chi connectivity index (χ1) is 8.61. The third kappa shape index (κ3) is 2.64. The largest absolute Gasteiger partial charge is 0.487 e. The minimum Gasteiger partial charge on any atom is -0.487 e. The van der Waals surface area contributed by atoms with E-state index in [1.165, 1.54) is 0 Å². The van der Waals surface area contributed by atoms with Gasteiger partial charge in [-0.15, -0.1) is 0 Å². The fourth-order valence-electron chi connectivity index (χ4n) is 2.11. The molecule has 98 valence electrons. The lowest BCUT2D eigenvalue weighted by Gasteiger charge is -2.33. The number of carbonyl (C=O) groups is 1. The summed E-state index contributed by atoms with van der Waals surface area (Å²) in [5.41, 5.74) is 1.99. The van der Waals surface area contributed by atoms with Gasteiger partial charge in [0.05, 0.1) is 25.3 Å². The van der Waals surface area contributed by atoms with E-state index in [1.807, 2.05) is 32.0 Å². The van der Waals surface area contributed by atoms with Crippen molar-refractivity contribution in [2.24, 2.45) is 0 Å². The number of nitrogens with zero attached hydrogens (tertiary/aromatic N) is 1. The Morgan fingerprint density at radius 3 is 3.06 bits per heavy atom. The SMILES string of the molecule is COCCC(=O)N1CC(C)Oc2ccc(C)cc21. The maximum atomic E-state index is 12.2. The van der Waals surface area contributed by atoms with Crippen LogP contribution in [0.1, 0.15) is 18.9 Å². The van der Waals surface area contributed by atoms with Crippen molar-refractivity contribution in [2.45, 2.75) is 26.4 Å². The summed E-state index contributed by atoms with van der Waals surface area (Å²) in [6.45, 7) is 5.03. The van der Waals surface area contributed by atoms with Crippen LogP contribution in [-0.2, 0) is 9.53 Å². The van der Waals surface area contributed by atoms with Gasteiger partial charge in [0, 0.05) is 7.11 Å². The van der Waals surface area contributed by atoms with E-state index in [9.17, 15) is 4.79 Å². The molecule has 0 spiro atoms. The normalized spacial score (nSPS) is 18.2. The molecule has 0 radical (unpaired) electrons. The Labute approximate surface area is 107 Å². The van der Waals surface area contributed by atoms with Crippen LogP contribution in [0.15, 0.2) is 18.2 Å². The quantitative estimate of drug-likeness (QED) is 0.824. The number of benzene rings is 1. The van der Waals surface area contributed by atoms with Crippen molar-refractivity contribution >= 4 is 11.6 Å². The summed E-state index contributed by atoms with van der Waals surface area (Å²) in [7, 11) is 1.60. The molecule has 1 aliphatic rings. The highest BCUT2D eigenvalue weighted by atomic mass is 16.5. The maximum Gasteiger partial charge on any atom is 0.229 e. The summed E-state index contributed by atoms with van der Waals surface area (Å²) in [5, 5.41) is 0. The van der Waals surface area contributed by atoms with Crippen LogP contribution in [0.25, 0.3) is 0 Å². The van der Waals surface area contributed by atoms with Crippen molar-refractivity contribution in [3.05, 3.63) is 23.8 Å². The zero-order valence-electron chi connectivity index (χ0n) is 11.1. The molecule has 0 aliphatic carbocycles. The number of hydrogen-bond acceptors (Lipinski definition) is 3. The van der Waals surface area contributed by atoms with Gasteiger partial charge >= 0.3 is 0 Å². The van der Waals surface area contributed by atoms with Crippen LogP contribution in [0.3, 0.4) is 0 Å². The molecule has 1 aliphatic heterocycles. The van der Waals surface area contributed by atoms with Crippen LogP contribution < -0.4 is 9.64 Å².